The molecule has 1 atom stereocenters. The summed E-state index contributed by atoms with van der Waals surface area (Å²) in [4.78, 5) is 21.6. The number of nitrogens with zero attached hydrogens (tertiary/aromatic N) is 6. The molecule has 1 fully saturated rings. The lowest BCUT2D eigenvalue weighted by molar-refractivity contribution is 0.199. The number of anilines is 1. The number of nitrogens with one attached hydrogen (secondary N) is 1. The Morgan fingerprint density at radius 1 is 0.902 bits per heavy atom. The lowest BCUT2D eigenvalue weighted by Crippen LogP contribution is -2.49. The van der Waals surface area contributed by atoms with E-state index >= 15 is 0 Å². The van der Waals surface area contributed by atoms with Gasteiger partial charge in [-0.25, -0.2) is 4.68 Å². The van der Waals surface area contributed by atoms with Crippen LogP contribution in [0.25, 0.3) is 10.9 Å². The van der Waals surface area contributed by atoms with Crippen molar-refractivity contribution in [1.82, 2.24) is 30.1 Å². The Kier molecular flexibility index (Phi) is 7.65. The normalized spacial score (nSPS) is 15.0. The van der Waals surface area contributed by atoms with Crippen LogP contribution in [-0.2, 0) is 19.4 Å². The average Bonchev–Trinajstić information content (AvgIpc) is 3.46. The molecule has 8 nitrogen and oxygen atoms in total. The van der Waals surface area contributed by atoms with Gasteiger partial charge in [0.25, 0.3) is 5.56 Å². The van der Waals surface area contributed by atoms with Crippen LogP contribution in [0.4, 0.5) is 5.69 Å². The highest BCUT2D eigenvalue weighted by Crippen LogP contribution is 2.30. The molecule has 3 heterocycles. The van der Waals surface area contributed by atoms with E-state index < -0.39 is 0 Å². The standard InChI is InChI=1S/C33H37N7O/c1-4-25-13-14-29-27(21-25)22-28(33(41)34-29)31(32-35-36-37-40(32)16-15-26-10-6-5-7-11-26)39-19-17-38(18-20-39)30-12-8-9-23(2)24(30)3/h5-14,21-22,31H,4,15-20H2,1-3H3,(H,34,41). The predicted molar refractivity (Wildman–Crippen MR) is 163 cm³/mol. The van der Waals surface area contributed by atoms with E-state index in [-0.39, 0.29) is 11.6 Å². The third kappa shape index (κ3) is 5.52. The molecular formula is C33H37N7O. The molecule has 210 valence electrons. The number of piperazine rings is 1. The number of aromatic amines is 1. The summed E-state index contributed by atoms with van der Waals surface area (Å²) in [5.41, 5.74) is 7.80. The summed E-state index contributed by atoms with van der Waals surface area (Å²) in [6, 6.07) is 24.8. The molecule has 0 bridgehead atoms. The van der Waals surface area contributed by atoms with Gasteiger partial charge in [-0.2, -0.15) is 0 Å². The van der Waals surface area contributed by atoms with Crippen molar-refractivity contribution in [2.45, 2.75) is 46.2 Å². The highest BCUT2D eigenvalue weighted by Gasteiger charge is 2.33. The monoisotopic (exact) mass is 547 g/mol. The van der Waals surface area contributed by atoms with Gasteiger partial charge in [0.15, 0.2) is 5.82 Å². The number of pyridine rings is 1. The first kappa shape index (κ1) is 26.9. The van der Waals surface area contributed by atoms with E-state index in [2.05, 4.69) is 93.5 Å². The maximum atomic E-state index is 13.7. The molecule has 1 saturated heterocycles. The zero-order chi connectivity index (χ0) is 28.3. The molecule has 3 aromatic carbocycles. The summed E-state index contributed by atoms with van der Waals surface area (Å²) in [6.45, 7) is 10.4. The first-order valence-electron chi connectivity index (χ1n) is 14.5. The largest absolute Gasteiger partial charge is 0.369 e. The number of benzene rings is 3. The Hall–Kier alpha value is -4.30. The van der Waals surface area contributed by atoms with Gasteiger partial charge in [0.05, 0.1) is 0 Å². The van der Waals surface area contributed by atoms with Crippen molar-refractivity contribution in [2.75, 3.05) is 31.1 Å². The molecule has 0 amide bonds. The molecule has 1 aliphatic rings. The van der Waals surface area contributed by atoms with Gasteiger partial charge in [-0.05, 0) is 89.0 Å². The van der Waals surface area contributed by atoms with Crippen LogP contribution in [0, 0.1) is 13.8 Å². The number of fused-ring (bicyclic) bond motifs is 1. The van der Waals surface area contributed by atoms with Gasteiger partial charge < -0.3 is 9.88 Å². The van der Waals surface area contributed by atoms with E-state index in [1.54, 1.807) is 0 Å². The topological polar surface area (TPSA) is 82.9 Å². The van der Waals surface area contributed by atoms with Crippen LogP contribution in [0.1, 0.15) is 46.6 Å². The molecule has 0 aliphatic carbocycles. The first-order valence-corrected chi connectivity index (χ1v) is 14.5. The van der Waals surface area contributed by atoms with Crippen molar-refractivity contribution in [1.29, 1.82) is 0 Å². The minimum atomic E-state index is -0.361. The Bertz CT molecular complexity index is 1700. The van der Waals surface area contributed by atoms with Gasteiger partial charge >= 0.3 is 0 Å². The number of aromatic nitrogens is 5. The minimum Gasteiger partial charge on any atom is -0.369 e. The fraction of sp³-hybridized carbons (Fsp3) is 0.333. The van der Waals surface area contributed by atoms with Crippen molar-refractivity contribution in [3.8, 4) is 0 Å². The molecule has 0 spiro atoms. The van der Waals surface area contributed by atoms with Crippen molar-refractivity contribution in [2.24, 2.45) is 0 Å². The summed E-state index contributed by atoms with van der Waals surface area (Å²) in [7, 11) is 0. The second kappa shape index (κ2) is 11.7. The van der Waals surface area contributed by atoms with Gasteiger partial charge in [0.1, 0.15) is 6.04 Å². The molecule has 6 rings (SSSR count). The van der Waals surface area contributed by atoms with E-state index in [9.17, 15) is 4.79 Å². The highest BCUT2D eigenvalue weighted by molar-refractivity contribution is 5.80. The summed E-state index contributed by atoms with van der Waals surface area (Å²) >= 11 is 0. The second-order valence-electron chi connectivity index (χ2n) is 11.0. The number of H-pyrrole nitrogens is 1. The third-order valence-corrected chi connectivity index (χ3v) is 8.50. The third-order valence-electron chi connectivity index (χ3n) is 8.50. The van der Waals surface area contributed by atoms with Crippen LogP contribution in [0.5, 0.6) is 0 Å². The maximum absolute atomic E-state index is 13.7. The molecule has 1 unspecified atom stereocenters. The molecular weight excluding hydrogens is 510 g/mol. The highest BCUT2D eigenvalue weighted by atomic mass is 16.1. The smallest absolute Gasteiger partial charge is 0.253 e. The molecule has 0 saturated carbocycles. The Balaban J connectivity index is 1.36. The molecule has 5 aromatic rings. The van der Waals surface area contributed by atoms with E-state index in [4.69, 9.17) is 0 Å². The van der Waals surface area contributed by atoms with Gasteiger partial charge in [0.2, 0.25) is 0 Å². The van der Waals surface area contributed by atoms with Crippen LogP contribution in [0.15, 0.2) is 77.6 Å². The number of aryl methyl sites for hydroxylation is 4. The number of rotatable bonds is 8. The van der Waals surface area contributed by atoms with Crippen LogP contribution >= 0.6 is 0 Å². The predicted octanol–water partition coefficient (Wildman–Crippen LogP) is 4.85. The minimum absolute atomic E-state index is 0.0960. The van der Waals surface area contributed by atoms with E-state index in [0.717, 1.165) is 49.9 Å². The molecule has 1 aliphatic heterocycles. The van der Waals surface area contributed by atoms with Crippen LogP contribution < -0.4 is 10.5 Å². The Morgan fingerprint density at radius 3 is 2.49 bits per heavy atom. The Morgan fingerprint density at radius 2 is 1.71 bits per heavy atom. The lowest BCUT2D eigenvalue weighted by Gasteiger charge is -2.40. The Labute approximate surface area is 240 Å². The van der Waals surface area contributed by atoms with Crippen molar-refractivity contribution in [3.63, 3.8) is 0 Å². The van der Waals surface area contributed by atoms with Gasteiger partial charge in [-0.1, -0.05) is 55.5 Å². The summed E-state index contributed by atoms with van der Waals surface area (Å²) < 4.78 is 1.88. The van der Waals surface area contributed by atoms with Gasteiger partial charge in [-0.3, -0.25) is 9.69 Å². The maximum Gasteiger partial charge on any atom is 0.253 e. The number of tetrazole rings is 1. The first-order chi connectivity index (χ1) is 20.0. The van der Waals surface area contributed by atoms with Gasteiger partial charge in [0, 0.05) is 49.5 Å². The lowest BCUT2D eigenvalue weighted by atomic mass is 10.0. The summed E-state index contributed by atoms with van der Waals surface area (Å²) in [5.74, 6) is 0.706. The van der Waals surface area contributed by atoms with Crippen LogP contribution in [-0.4, -0.2) is 56.3 Å². The fourth-order valence-corrected chi connectivity index (χ4v) is 5.94. The molecule has 1 N–H and O–H groups in total. The zero-order valence-corrected chi connectivity index (χ0v) is 24.0. The SMILES string of the molecule is CCc1ccc2[nH]c(=O)c(C(c3nnnn3CCc3ccccc3)N3CCN(c4cccc(C)c4C)CC3)cc2c1. The van der Waals surface area contributed by atoms with Crippen molar-refractivity contribution >= 4 is 16.6 Å². The van der Waals surface area contributed by atoms with E-state index in [1.165, 1.54) is 27.9 Å². The quantitative estimate of drug-likeness (QED) is 0.299. The molecule has 0 radical (unpaired) electrons. The van der Waals surface area contributed by atoms with Crippen LogP contribution in [0.2, 0.25) is 0 Å². The van der Waals surface area contributed by atoms with Gasteiger partial charge in [-0.15, -0.1) is 5.10 Å². The average molecular weight is 548 g/mol. The van der Waals surface area contributed by atoms with E-state index in [0.29, 0.717) is 17.9 Å². The summed E-state index contributed by atoms with van der Waals surface area (Å²) in [5, 5.41) is 14.0. The van der Waals surface area contributed by atoms with Crippen molar-refractivity contribution in [3.05, 3.63) is 117 Å². The molecule has 2 aromatic heterocycles. The fourth-order valence-electron chi connectivity index (χ4n) is 5.94. The summed E-state index contributed by atoms with van der Waals surface area (Å²) in [6.07, 6.45) is 1.74. The second-order valence-corrected chi connectivity index (χ2v) is 11.0. The zero-order valence-electron chi connectivity index (χ0n) is 24.0. The van der Waals surface area contributed by atoms with Crippen molar-refractivity contribution < 1.29 is 0 Å². The van der Waals surface area contributed by atoms with Crippen LogP contribution in [0.3, 0.4) is 0 Å². The van der Waals surface area contributed by atoms with E-state index in [1.807, 2.05) is 35.0 Å². The molecule has 41 heavy (non-hydrogen) atoms. The number of hydrogen-bond donors (Lipinski definition) is 1. The number of hydrogen-bond acceptors (Lipinski definition) is 6. The molecule has 8 heteroatoms.